The molecule has 0 spiro atoms. The van der Waals surface area contributed by atoms with Gasteiger partial charge in [0, 0.05) is 19.2 Å². The number of aromatic carboxylic acids is 1. The molecule has 0 aliphatic rings. The molecule has 0 unspecified atom stereocenters. The second-order valence-corrected chi connectivity index (χ2v) is 4.50. The smallest absolute Gasteiger partial charge is 0.339 e. The quantitative estimate of drug-likeness (QED) is 0.670. The Bertz CT molecular complexity index is 713. The summed E-state index contributed by atoms with van der Waals surface area (Å²) in [5.41, 5.74) is 0.228. The molecule has 1 aromatic carbocycles. The van der Waals surface area contributed by atoms with Crippen molar-refractivity contribution in [3.05, 3.63) is 50.8 Å². The fourth-order valence-corrected chi connectivity index (χ4v) is 1.91. The minimum atomic E-state index is -1.11. The van der Waals surface area contributed by atoms with Gasteiger partial charge in [0.15, 0.2) is 0 Å². The molecule has 21 heavy (non-hydrogen) atoms. The van der Waals surface area contributed by atoms with Gasteiger partial charge < -0.3 is 9.84 Å². The van der Waals surface area contributed by atoms with Gasteiger partial charge in [0.05, 0.1) is 21.8 Å². The summed E-state index contributed by atoms with van der Waals surface area (Å²) in [6.45, 7) is -0.0737. The Morgan fingerprint density at radius 3 is 2.86 bits per heavy atom. The van der Waals surface area contributed by atoms with E-state index in [4.69, 9.17) is 21.4 Å². The van der Waals surface area contributed by atoms with Crippen LogP contribution < -0.4 is 4.74 Å². The van der Waals surface area contributed by atoms with Gasteiger partial charge in [-0.3, -0.25) is 14.8 Å². The second kappa shape index (κ2) is 5.80. The molecule has 0 fully saturated rings. The Hall–Kier alpha value is -2.61. The molecule has 9 heteroatoms. The number of halogens is 1. The minimum absolute atomic E-state index is 0.0236. The first kappa shape index (κ1) is 14.8. The summed E-state index contributed by atoms with van der Waals surface area (Å²) in [4.78, 5) is 21.1. The molecule has 2 rings (SSSR count). The van der Waals surface area contributed by atoms with E-state index in [2.05, 4.69) is 5.10 Å². The summed E-state index contributed by atoms with van der Waals surface area (Å²) < 4.78 is 6.79. The van der Waals surface area contributed by atoms with Gasteiger partial charge in [0.25, 0.3) is 5.69 Å². The average molecular weight is 312 g/mol. The lowest BCUT2D eigenvalue weighted by atomic mass is 10.2. The molecule has 110 valence electrons. The molecule has 0 amide bonds. The normalized spacial score (nSPS) is 10.4. The van der Waals surface area contributed by atoms with Crippen LogP contribution in [0.5, 0.6) is 5.75 Å². The largest absolute Gasteiger partial charge is 0.486 e. The zero-order valence-corrected chi connectivity index (χ0v) is 11.6. The predicted octanol–water partition coefficient (Wildman–Crippen LogP) is 2.26. The molecular formula is C12H10ClN3O5. The number of aromatic nitrogens is 2. The first-order valence-electron chi connectivity index (χ1n) is 5.71. The van der Waals surface area contributed by atoms with E-state index in [-0.39, 0.29) is 28.6 Å². The molecule has 0 aliphatic heterocycles. The monoisotopic (exact) mass is 311 g/mol. The third-order valence-corrected chi connectivity index (χ3v) is 3.08. The molecule has 0 saturated heterocycles. The Balaban J connectivity index is 2.19. The molecule has 8 nitrogen and oxygen atoms in total. The fraction of sp³-hybridized carbons (Fsp3) is 0.167. The highest BCUT2D eigenvalue weighted by Crippen LogP contribution is 2.29. The molecule has 0 saturated carbocycles. The van der Waals surface area contributed by atoms with Crippen LogP contribution >= 0.6 is 11.6 Å². The number of carbonyl (C=O) groups is 1. The van der Waals surface area contributed by atoms with Gasteiger partial charge in [-0.1, -0.05) is 11.6 Å². The SMILES string of the molecule is Cn1ncc(C(=O)O)c1COc1ccc([N+](=O)[O-])cc1Cl. The third kappa shape index (κ3) is 3.11. The van der Waals surface area contributed by atoms with Crippen molar-refractivity contribution in [2.75, 3.05) is 0 Å². The average Bonchev–Trinajstić information content (AvgIpc) is 2.78. The number of nitrogens with zero attached hydrogens (tertiary/aromatic N) is 3. The number of nitro benzene ring substituents is 1. The molecule has 2 aromatic rings. The topological polar surface area (TPSA) is 107 Å². The van der Waals surface area contributed by atoms with E-state index in [0.29, 0.717) is 5.69 Å². The summed E-state index contributed by atoms with van der Waals surface area (Å²) in [6.07, 6.45) is 1.22. The number of rotatable bonds is 5. The van der Waals surface area contributed by atoms with Crippen molar-refractivity contribution >= 4 is 23.3 Å². The van der Waals surface area contributed by atoms with Crippen LogP contribution in [-0.4, -0.2) is 25.8 Å². The Morgan fingerprint density at radius 1 is 1.57 bits per heavy atom. The number of hydrogen-bond acceptors (Lipinski definition) is 5. The number of carboxylic acid groups (broad SMARTS) is 1. The number of non-ortho nitro benzene ring substituents is 1. The number of benzene rings is 1. The first-order chi connectivity index (χ1) is 9.90. The zero-order valence-electron chi connectivity index (χ0n) is 10.8. The molecule has 1 N–H and O–H groups in total. The van der Waals surface area contributed by atoms with Crippen LogP contribution in [0.25, 0.3) is 0 Å². The minimum Gasteiger partial charge on any atom is -0.486 e. The van der Waals surface area contributed by atoms with Crippen molar-refractivity contribution in [1.82, 2.24) is 9.78 Å². The highest BCUT2D eigenvalue weighted by atomic mass is 35.5. The van der Waals surface area contributed by atoms with E-state index < -0.39 is 10.9 Å². The lowest BCUT2D eigenvalue weighted by Crippen LogP contribution is -2.08. The Morgan fingerprint density at radius 2 is 2.29 bits per heavy atom. The van der Waals surface area contributed by atoms with Gasteiger partial charge >= 0.3 is 5.97 Å². The first-order valence-corrected chi connectivity index (χ1v) is 6.09. The van der Waals surface area contributed by atoms with Gasteiger partial charge in [0.2, 0.25) is 0 Å². The molecule has 1 heterocycles. The maximum Gasteiger partial charge on any atom is 0.339 e. The van der Waals surface area contributed by atoms with E-state index in [1.807, 2.05) is 0 Å². The number of hydrogen-bond donors (Lipinski definition) is 1. The van der Waals surface area contributed by atoms with Crippen molar-refractivity contribution < 1.29 is 19.6 Å². The second-order valence-electron chi connectivity index (χ2n) is 4.09. The summed E-state index contributed by atoms with van der Waals surface area (Å²) in [5, 5.41) is 23.5. The van der Waals surface area contributed by atoms with Crippen LogP contribution in [0.1, 0.15) is 16.1 Å². The molecule has 1 aromatic heterocycles. The summed E-state index contributed by atoms with van der Waals surface area (Å²) >= 11 is 5.89. The van der Waals surface area contributed by atoms with E-state index in [9.17, 15) is 14.9 Å². The molecule has 0 radical (unpaired) electrons. The standard InChI is InChI=1S/C12H10ClN3O5/c1-15-10(8(5-14-15)12(17)18)6-21-11-3-2-7(16(19)20)4-9(11)13/h2-5H,6H2,1H3,(H,17,18). The van der Waals surface area contributed by atoms with Gasteiger partial charge in [-0.25, -0.2) is 4.79 Å². The highest BCUT2D eigenvalue weighted by molar-refractivity contribution is 6.32. The van der Waals surface area contributed by atoms with Crippen LogP contribution in [0.3, 0.4) is 0 Å². The Labute approximate surface area is 123 Å². The summed E-state index contributed by atoms with van der Waals surface area (Å²) in [5.74, 6) is -0.892. The van der Waals surface area contributed by atoms with Gasteiger partial charge in [0.1, 0.15) is 17.9 Å². The van der Waals surface area contributed by atoms with Crippen LogP contribution in [0.15, 0.2) is 24.4 Å². The Kier molecular flexibility index (Phi) is 4.08. The van der Waals surface area contributed by atoms with Crippen LogP contribution in [0.2, 0.25) is 5.02 Å². The number of nitro groups is 1. The van der Waals surface area contributed by atoms with Crippen LogP contribution in [0.4, 0.5) is 5.69 Å². The van der Waals surface area contributed by atoms with Crippen LogP contribution in [0, 0.1) is 10.1 Å². The maximum absolute atomic E-state index is 11.0. The van der Waals surface area contributed by atoms with Gasteiger partial charge in [-0.05, 0) is 6.07 Å². The van der Waals surface area contributed by atoms with Crippen molar-refractivity contribution in [3.8, 4) is 5.75 Å². The lowest BCUT2D eigenvalue weighted by molar-refractivity contribution is -0.384. The fourth-order valence-electron chi connectivity index (χ4n) is 1.68. The van der Waals surface area contributed by atoms with Crippen molar-refractivity contribution in [2.24, 2.45) is 7.05 Å². The third-order valence-electron chi connectivity index (χ3n) is 2.78. The van der Waals surface area contributed by atoms with E-state index in [0.717, 1.165) is 6.07 Å². The van der Waals surface area contributed by atoms with Crippen molar-refractivity contribution in [3.63, 3.8) is 0 Å². The summed E-state index contributed by atoms with van der Waals surface area (Å²) in [6, 6.07) is 3.78. The van der Waals surface area contributed by atoms with Gasteiger partial charge in [-0.2, -0.15) is 5.10 Å². The van der Waals surface area contributed by atoms with Crippen molar-refractivity contribution in [2.45, 2.75) is 6.61 Å². The summed E-state index contributed by atoms with van der Waals surface area (Å²) in [7, 11) is 1.59. The predicted molar refractivity (Wildman–Crippen MR) is 72.6 cm³/mol. The molecule has 0 aliphatic carbocycles. The number of aryl methyl sites for hydroxylation is 1. The van der Waals surface area contributed by atoms with Gasteiger partial charge in [-0.15, -0.1) is 0 Å². The lowest BCUT2D eigenvalue weighted by Gasteiger charge is -2.09. The van der Waals surface area contributed by atoms with Crippen LogP contribution in [-0.2, 0) is 13.7 Å². The highest BCUT2D eigenvalue weighted by Gasteiger charge is 2.16. The molecule has 0 bridgehead atoms. The van der Waals surface area contributed by atoms with Crippen molar-refractivity contribution in [1.29, 1.82) is 0 Å². The zero-order chi connectivity index (χ0) is 15.6. The number of ether oxygens (including phenoxy) is 1. The number of carboxylic acids is 1. The van der Waals surface area contributed by atoms with E-state index in [1.165, 1.54) is 23.0 Å². The maximum atomic E-state index is 11.0. The van der Waals surface area contributed by atoms with E-state index >= 15 is 0 Å². The van der Waals surface area contributed by atoms with E-state index in [1.54, 1.807) is 7.05 Å². The molecule has 0 atom stereocenters. The molecular weight excluding hydrogens is 302 g/mol.